The Balaban J connectivity index is 0.00000112. The summed E-state index contributed by atoms with van der Waals surface area (Å²) in [6.45, 7) is 1.95. The first-order valence-electron chi connectivity index (χ1n) is 5.43. The van der Waals surface area contributed by atoms with E-state index in [0.29, 0.717) is 12.2 Å². The van der Waals surface area contributed by atoms with E-state index in [1.807, 2.05) is 21.6 Å². The molecule has 2 fully saturated rings. The molecule has 2 aliphatic heterocycles. The number of hydrogen-bond donors (Lipinski definition) is 0. The van der Waals surface area contributed by atoms with Crippen LogP contribution in [0.25, 0.3) is 0 Å². The molecule has 0 aliphatic carbocycles. The average Bonchev–Trinajstić information content (AvgIpc) is 2.86. The Morgan fingerprint density at radius 2 is 1.33 bits per heavy atom. The van der Waals surface area contributed by atoms with Crippen LogP contribution in [0.15, 0.2) is 0 Å². The zero-order valence-corrected chi connectivity index (χ0v) is 11.3. The van der Waals surface area contributed by atoms with Gasteiger partial charge in [-0.3, -0.25) is 0 Å². The van der Waals surface area contributed by atoms with E-state index in [2.05, 4.69) is 0 Å². The molecule has 0 radical (unpaired) electrons. The van der Waals surface area contributed by atoms with Crippen LogP contribution in [-0.2, 0) is 9.47 Å². The summed E-state index contributed by atoms with van der Waals surface area (Å²) in [5.74, 6) is 2.30. The fraction of sp³-hybridized carbons (Fsp3) is 1.00. The molecule has 0 aromatic carbocycles. The number of halogens is 1. The SMILES string of the molecule is C1COC(CSSCC2CCCO2)C1.Cl. The van der Waals surface area contributed by atoms with Gasteiger partial charge in [-0.15, -0.1) is 12.4 Å². The maximum atomic E-state index is 5.56. The lowest BCUT2D eigenvalue weighted by atomic mass is 10.3. The lowest BCUT2D eigenvalue weighted by molar-refractivity contribution is 0.128. The fourth-order valence-electron chi connectivity index (χ4n) is 1.80. The summed E-state index contributed by atoms with van der Waals surface area (Å²) in [7, 11) is 3.90. The van der Waals surface area contributed by atoms with E-state index in [1.165, 1.54) is 25.7 Å². The molecule has 2 nitrogen and oxygen atoms in total. The molecule has 0 bridgehead atoms. The van der Waals surface area contributed by atoms with Crippen molar-refractivity contribution in [2.24, 2.45) is 0 Å². The van der Waals surface area contributed by atoms with Crippen molar-refractivity contribution in [3.05, 3.63) is 0 Å². The van der Waals surface area contributed by atoms with Gasteiger partial charge in [0.2, 0.25) is 0 Å². The first-order chi connectivity index (χ1) is 6.95. The number of rotatable bonds is 5. The van der Waals surface area contributed by atoms with Crippen molar-refractivity contribution < 1.29 is 9.47 Å². The molecule has 0 N–H and O–H groups in total. The molecule has 0 amide bonds. The minimum atomic E-state index is 0. The van der Waals surface area contributed by atoms with Gasteiger partial charge < -0.3 is 9.47 Å². The third kappa shape index (κ3) is 5.18. The molecular formula is C10H19ClO2S2. The van der Waals surface area contributed by atoms with Crippen LogP contribution in [0.4, 0.5) is 0 Å². The van der Waals surface area contributed by atoms with Crippen LogP contribution in [0.3, 0.4) is 0 Å². The van der Waals surface area contributed by atoms with Gasteiger partial charge in [-0.1, -0.05) is 21.6 Å². The van der Waals surface area contributed by atoms with Crippen molar-refractivity contribution in [1.29, 1.82) is 0 Å². The minimum absolute atomic E-state index is 0. The summed E-state index contributed by atoms with van der Waals surface area (Å²) in [6, 6.07) is 0. The van der Waals surface area contributed by atoms with E-state index < -0.39 is 0 Å². The zero-order chi connectivity index (χ0) is 9.64. The zero-order valence-electron chi connectivity index (χ0n) is 8.85. The van der Waals surface area contributed by atoms with E-state index in [4.69, 9.17) is 9.47 Å². The molecule has 15 heavy (non-hydrogen) atoms. The summed E-state index contributed by atoms with van der Waals surface area (Å²) in [5.41, 5.74) is 0. The van der Waals surface area contributed by atoms with Crippen LogP contribution in [0.2, 0.25) is 0 Å². The largest absolute Gasteiger partial charge is 0.377 e. The minimum Gasteiger partial charge on any atom is -0.377 e. The van der Waals surface area contributed by atoms with Gasteiger partial charge in [-0.25, -0.2) is 0 Å². The first kappa shape index (κ1) is 14.0. The van der Waals surface area contributed by atoms with Gasteiger partial charge in [0.05, 0.1) is 12.2 Å². The maximum absolute atomic E-state index is 5.56. The second-order valence-corrected chi connectivity index (χ2v) is 6.39. The summed E-state index contributed by atoms with van der Waals surface area (Å²) >= 11 is 0. The Bertz CT molecular complexity index is 142. The predicted octanol–water partition coefficient (Wildman–Crippen LogP) is 3.15. The normalized spacial score (nSPS) is 30.4. The van der Waals surface area contributed by atoms with Crippen molar-refractivity contribution in [3.8, 4) is 0 Å². The predicted molar refractivity (Wildman–Crippen MR) is 70.1 cm³/mol. The molecule has 2 heterocycles. The summed E-state index contributed by atoms with van der Waals surface area (Å²) in [5, 5.41) is 0. The third-order valence-electron chi connectivity index (χ3n) is 2.64. The van der Waals surface area contributed by atoms with Crippen molar-refractivity contribution >= 4 is 34.0 Å². The molecule has 2 unspecified atom stereocenters. The van der Waals surface area contributed by atoms with Gasteiger partial charge in [0, 0.05) is 24.7 Å². The van der Waals surface area contributed by atoms with Crippen LogP contribution in [-0.4, -0.2) is 36.9 Å². The fourth-order valence-corrected chi connectivity index (χ4v) is 4.31. The van der Waals surface area contributed by atoms with Crippen LogP contribution < -0.4 is 0 Å². The Labute approximate surface area is 106 Å². The standard InChI is InChI=1S/C10H18O2S2.ClH/c1-3-9(11-5-1)7-13-14-8-10-4-2-6-12-10;/h9-10H,1-8H2;1H. The molecule has 2 atom stereocenters. The van der Waals surface area contributed by atoms with Gasteiger partial charge in [-0.2, -0.15) is 0 Å². The van der Waals surface area contributed by atoms with Gasteiger partial charge in [0.25, 0.3) is 0 Å². The Kier molecular flexibility index (Phi) is 7.52. The van der Waals surface area contributed by atoms with E-state index in [9.17, 15) is 0 Å². The van der Waals surface area contributed by atoms with Gasteiger partial charge in [-0.05, 0) is 25.7 Å². The molecule has 90 valence electrons. The smallest absolute Gasteiger partial charge is 0.0674 e. The highest BCUT2D eigenvalue weighted by Crippen LogP contribution is 2.29. The maximum Gasteiger partial charge on any atom is 0.0674 e. The monoisotopic (exact) mass is 270 g/mol. The van der Waals surface area contributed by atoms with Crippen molar-refractivity contribution in [2.75, 3.05) is 24.7 Å². The first-order valence-corrected chi connectivity index (χ1v) is 7.91. The van der Waals surface area contributed by atoms with E-state index in [0.717, 1.165) is 24.7 Å². The molecule has 2 rings (SSSR count). The highest BCUT2D eigenvalue weighted by atomic mass is 35.5. The highest BCUT2D eigenvalue weighted by Gasteiger charge is 2.17. The van der Waals surface area contributed by atoms with Crippen molar-refractivity contribution in [2.45, 2.75) is 37.9 Å². The number of ether oxygens (including phenoxy) is 2. The van der Waals surface area contributed by atoms with Gasteiger partial charge in [0.15, 0.2) is 0 Å². The molecule has 0 aromatic heterocycles. The topological polar surface area (TPSA) is 18.5 Å². The Morgan fingerprint density at radius 3 is 1.67 bits per heavy atom. The highest BCUT2D eigenvalue weighted by molar-refractivity contribution is 8.76. The van der Waals surface area contributed by atoms with Gasteiger partial charge >= 0.3 is 0 Å². The lowest BCUT2D eigenvalue weighted by Gasteiger charge is -2.10. The molecule has 2 aliphatic rings. The summed E-state index contributed by atoms with van der Waals surface area (Å²) in [6.07, 6.45) is 6.07. The lowest BCUT2D eigenvalue weighted by Crippen LogP contribution is -2.09. The molecular weight excluding hydrogens is 252 g/mol. The van der Waals surface area contributed by atoms with Crippen LogP contribution in [0, 0.1) is 0 Å². The van der Waals surface area contributed by atoms with Gasteiger partial charge in [0.1, 0.15) is 0 Å². The second-order valence-electron chi connectivity index (χ2n) is 3.84. The van der Waals surface area contributed by atoms with Crippen LogP contribution in [0.1, 0.15) is 25.7 Å². The molecule has 0 aromatic rings. The summed E-state index contributed by atoms with van der Waals surface area (Å²) < 4.78 is 11.1. The molecule has 5 heteroatoms. The van der Waals surface area contributed by atoms with Crippen LogP contribution in [0.5, 0.6) is 0 Å². The van der Waals surface area contributed by atoms with E-state index in [-0.39, 0.29) is 12.4 Å². The molecule has 2 saturated heterocycles. The third-order valence-corrected chi connectivity index (χ3v) is 5.14. The van der Waals surface area contributed by atoms with Crippen molar-refractivity contribution in [1.82, 2.24) is 0 Å². The van der Waals surface area contributed by atoms with Crippen LogP contribution >= 0.6 is 34.0 Å². The Morgan fingerprint density at radius 1 is 0.867 bits per heavy atom. The quantitative estimate of drug-likeness (QED) is 0.564. The average molecular weight is 271 g/mol. The number of hydrogen-bond acceptors (Lipinski definition) is 4. The Hall–Kier alpha value is 0.910. The molecule has 0 saturated carbocycles. The summed E-state index contributed by atoms with van der Waals surface area (Å²) in [4.78, 5) is 0. The van der Waals surface area contributed by atoms with E-state index >= 15 is 0 Å². The van der Waals surface area contributed by atoms with E-state index in [1.54, 1.807) is 0 Å². The van der Waals surface area contributed by atoms with Crippen molar-refractivity contribution in [3.63, 3.8) is 0 Å². The molecule has 0 spiro atoms. The second kappa shape index (κ2) is 8.07.